The van der Waals surface area contributed by atoms with Gasteiger partial charge >= 0.3 is 0 Å². The second-order valence-corrected chi connectivity index (χ2v) is 20.3. The Kier molecular flexibility index (Phi) is 14.1. The first-order chi connectivity index (χ1) is 26.0. The quantitative estimate of drug-likeness (QED) is 0.150. The summed E-state index contributed by atoms with van der Waals surface area (Å²) in [4.78, 5) is 87.6. The Labute approximate surface area is 334 Å². The van der Waals surface area contributed by atoms with Crippen molar-refractivity contribution < 1.29 is 33.9 Å². The highest BCUT2D eigenvalue weighted by atomic mass is 32.2. The van der Waals surface area contributed by atoms with E-state index in [2.05, 4.69) is 26.3 Å². The van der Waals surface area contributed by atoms with Crippen LogP contribution in [-0.4, -0.2) is 109 Å². The number of thioether (sulfide) groups is 2. The predicted octanol–water partition coefficient (Wildman–Crippen LogP) is 4.14. The number of aliphatic hydroxyl groups is 1. The summed E-state index contributed by atoms with van der Waals surface area (Å²) < 4.78 is -0.413. The lowest BCUT2D eigenvalue weighted by molar-refractivity contribution is -0.145. The Balaban J connectivity index is 1.41. The van der Waals surface area contributed by atoms with E-state index in [9.17, 15) is 33.9 Å². The SMILES string of the molecule is CCCC(NC(=O)C1CC2(CN1C(=O)C(NC(=O)C(NC(=O)c1[nH]c(C)c(C)c1C(C)=O)C1CCCCC1)C(C)(C)C)SCCCS2)C(O)C(=O)NC1CC1. The molecule has 5 amide bonds. The number of aryl methyl sites for hydroxylation is 1. The van der Waals surface area contributed by atoms with Crippen LogP contribution in [0.1, 0.15) is 137 Å². The maximum Gasteiger partial charge on any atom is 0.269 e. The first kappa shape index (κ1) is 43.1. The Morgan fingerprint density at radius 1 is 0.927 bits per heavy atom. The molecule has 5 unspecified atom stereocenters. The molecule has 2 saturated heterocycles. The molecule has 2 aliphatic carbocycles. The van der Waals surface area contributed by atoms with E-state index in [4.69, 9.17) is 0 Å². The molecule has 55 heavy (non-hydrogen) atoms. The number of Topliss-reactive ketones (excluding diaryl/α,β-unsaturated/α-hetero) is 1. The van der Waals surface area contributed by atoms with Gasteiger partial charge in [0.05, 0.1) is 15.7 Å². The number of rotatable bonds is 14. The number of hydrogen-bond donors (Lipinski definition) is 6. The van der Waals surface area contributed by atoms with Gasteiger partial charge in [-0.1, -0.05) is 53.4 Å². The van der Waals surface area contributed by atoms with Crippen LogP contribution in [0.15, 0.2) is 0 Å². The van der Waals surface area contributed by atoms with Crippen molar-refractivity contribution in [2.45, 2.75) is 159 Å². The summed E-state index contributed by atoms with van der Waals surface area (Å²) in [6.07, 6.45) is 7.01. The van der Waals surface area contributed by atoms with Gasteiger partial charge in [0.15, 0.2) is 11.9 Å². The van der Waals surface area contributed by atoms with Gasteiger partial charge in [0.2, 0.25) is 17.7 Å². The third-order valence-corrected chi connectivity index (χ3v) is 14.9. The molecule has 4 aliphatic rings. The van der Waals surface area contributed by atoms with Gasteiger partial charge in [-0.25, -0.2) is 0 Å². The second kappa shape index (κ2) is 18.0. The number of aliphatic hydroxyl groups excluding tert-OH is 1. The van der Waals surface area contributed by atoms with Crippen LogP contribution in [0, 0.1) is 25.2 Å². The van der Waals surface area contributed by atoms with Crippen molar-refractivity contribution in [3.63, 3.8) is 0 Å². The molecule has 4 fully saturated rings. The normalized spacial score (nSPS) is 22.3. The molecule has 2 saturated carbocycles. The average Bonchev–Trinajstić information content (AvgIpc) is 3.81. The number of H-pyrrole nitrogens is 1. The summed E-state index contributed by atoms with van der Waals surface area (Å²) in [7, 11) is 0. The molecule has 1 aromatic rings. The molecule has 6 N–H and O–H groups in total. The number of carbonyl (C=O) groups is 6. The zero-order chi connectivity index (χ0) is 40.2. The second-order valence-electron chi connectivity index (χ2n) is 17.1. The lowest BCUT2D eigenvalue weighted by Crippen LogP contribution is -2.62. The maximum atomic E-state index is 14.9. The number of carbonyl (C=O) groups excluding carboxylic acids is 6. The third kappa shape index (κ3) is 10.3. The van der Waals surface area contributed by atoms with Gasteiger partial charge in [-0.2, -0.15) is 0 Å². The molecule has 5 atom stereocenters. The number of hydrogen-bond acceptors (Lipinski definition) is 9. The Bertz CT molecular complexity index is 1610. The highest BCUT2D eigenvalue weighted by Gasteiger charge is 2.53. The molecular weight excluding hydrogens is 741 g/mol. The van der Waals surface area contributed by atoms with Crippen LogP contribution in [-0.2, 0) is 19.2 Å². The fourth-order valence-electron chi connectivity index (χ4n) is 8.18. The van der Waals surface area contributed by atoms with Crippen LogP contribution < -0.4 is 21.3 Å². The van der Waals surface area contributed by atoms with Gasteiger partial charge in [-0.15, -0.1) is 23.5 Å². The van der Waals surface area contributed by atoms with Gasteiger partial charge in [-0.05, 0) is 87.7 Å². The molecule has 1 aromatic heterocycles. The highest BCUT2D eigenvalue weighted by Crippen LogP contribution is 2.51. The fraction of sp³-hybridized carbons (Fsp3) is 0.750. The molecule has 306 valence electrons. The molecule has 15 heteroatoms. The lowest BCUT2D eigenvalue weighted by atomic mass is 9.82. The number of ketones is 1. The predicted molar refractivity (Wildman–Crippen MR) is 216 cm³/mol. The van der Waals surface area contributed by atoms with Crippen LogP contribution in [0.4, 0.5) is 0 Å². The lowest BCUT2D eigenvalue weighted by Gasteiger charge is -2.38. The molecule has 5 rings (SSSR count). The Morgan fingerprint density at radius 3 is 2.16 bits per heavy atom. The van der Waals surface area contributed by atoms with E-state index in [-0.39, 0.29) is 23.4 Å². The van der Waals surface area contributed by atoms with Crippen molar-refractivity contribution in [2.24, 2.45) is 11.3 Å². The highest BCUT2D eigenvalue weighted by molar-refractivity contribution is 8.18. The molecule has 1 spiro atoms. The van der Waals surface area contributed by atoms with E-state index >= 15 is 0 Å². The molecule has 2 aliphatic heterocycles. The molecule has 3 heterocycles. The average molecular weight is 803 g/mol. The third-order valence-electron chi connectivity index (χ3n) is 11.6. The Hall–Kier alpha value is -3.04. The van der Waals surface area contributed by atoms with Crippen LogP contribution in [0.25, 0.3) is 0 Å². The van der Waals surface area contributed by atoms with E-state index in [0.29, 0.717) is 42.6 Å². The first-order valence-electron chi connectivity index (χ1n) is 20.1. The number of nitrogens with zero attached hydrogens (tertiary/aromatic N) is 1. The van der Waals surface area contributed by atoms with Gasteiger partial charge in [0.25, 0.3) is 11.8 Å². The minimum Gasteiger partial charge on any atom is -0.381 e. The Morgan fingerprint density at radius 2 is 1.58 bits per heavy atom. The molecule has 0 radical (unpaired) electrons. The van der Waals surface area contributed by atoms with Gasteiger partial charge in [0, 0.05) is 24.7 Å². The molecule has 13 nitrogen and oxygen atoms in total. The van der Waals surface area contributed by atoms with Crippen molar-refractivity contribution >= 4 is 58.8 Å². The summed E-state index contributed by atoms with van der Waals surface area (Å²) in [6, 6.07) is -3.66. The van der Waals surface area contributed by atoms with Gasteiger partial charge in [0.1, 0.15) is 23.8 Å². The van der Waals surface area contributed by atoms with Crippen LogP contribution in [0.3, 0.4) is 0 Å². The monoisotopic (exact) mass is 802 g/mol. The number of aromatic amines is 1. The zero-order valence-corrected chi connectivity index (χ0v) is 35.2. The molecular formula is C40H62N6O7S2. The topological polar surface area (TPSA) is 190 Å². The minimum absolute atomic E-state index is 0.0544. The number of likely N-dealkylation sites (tertiary alicyclic amines) is 1. The van der Waals surface area contributed by atoms with Crippen molar-refractivity contribution in [3.05, 3.63) is 22.5 Å². The molecule has 0 bridgehead atoms. The smallest absolute Gasteiger partial charge is 0.269 e. The molecule has 0 aromatic carbocycles. The summed E-state index contributed by atoms with van der Waals surface area (Å²) in [5, 5.41) is 22.8. The van der Waals surface area contributed by atoms with Crippen molar-refractivity contribution in [1.82, 2.24) is 31.2 Å². The summed E-state index contributed by atoms with van der Waals surface area (Å²) in [5.41, 5.74) is 1.01. The number of amides is 5. The van der Waals surface area contributed by atoms with E-state index in [1.54, 1.807) is 42.3 Å². The zero-order valence-electron chi connectivity index (χ0n) is 33.6. The summed E-state index contributed by atoms with van der Waals surface area (Å²) in [5.74, 6) is -1.00. The standard InChI is InChI=1S/C40H62N6O7S2/c1-8-13-27(32(48)37(52)42-26-16-17-26)43-34(49)28-20-40(54-18-12-19-55-40)21-46(28)38(53)33(39(5,6)7)45-35(50)30(25-14-10-9-11-15-25)44-36(51)31-29(24(4)47)22(2)23(3)41-31/h25-28,30,32-33,41,48H,8-21H2,1-7H3,(H,42,52)(H,43,49)(H,44,51)(H,45,50). The fourth-order valence-corrected chi connectivity index (χ4v) is 11.5. The minimum atomic E-state index is -1.43. The van der Waals surface area contributed by atoms with Gasteiger partial charge in [-0.3, -0.25) is 28.8 Å². The summed E-state index contributed by atoms with van der Waals surface area (Å²) in [6.45, 7) is 12.8. The number of aromatic nitrogens is 1. The van der Waals surface area contributed by atoms with Gasteiger partial charge < -0.3 is 36.3 Å². The summed E-state index contributed by atoms with van der Waals surface area (Å²) >= 11 is 3.50. The van der Waals surface area contributed by atoms with Crippen LogP contribution in [0.2, 0.25) is 0 Å². The van der Waals surface area contributed by atoms with Crippen LogP contribution in [0.5, 0.6) is 0 Å². The van der Waals surface area contributed by atoms with E-state index in [1.807, 2.05) is 27.7 Å². The van der Waals surface area contributed by atoms with Crippen LogP contribution >= 0.6 is 23.5 Å². The van der Waals surface area contributed by atoms with E-state index in [0.717, 1.165) is 62.9 Å². The largest absolute Gasteiger partial charge is 0.381 e. The maximum absolute atomic E-state index is 14.9. The van der Waals surface area contributed by atoms with Crippen molar-refractivity contribution in [2.75, 3.05) is 18.1 Å². The van der Waals surface area contributed by atoms with Crippen molar-refractivity contribution in [3.8, 4) is 0 Å². The van der Waals surface area contributed by atoms with E-state index in [1.165, 1.54) is 6.92 Å². The first-order valence-corrected chi connectivity index (χ1v) is 22.1. The number of nitrogens with one attached hydrogen (secondary N) is 5. The van der Waals surface area contributed by atoms with E-state index < -0.39 is 69.3 Å². The van der Waals surface area contributed by atoms with Crippen molar-refractivity contribution in [1.29, 1.82) is 0 Å².